The zero-order valence-electron chi connectivity index (χ0n) is 6.84. The Balaban J connectivity index is 2.85. The maximum absolute atomic E-state index is 10.3. The van der Waals surface area contributed by atoms with E-state index in [1.807, 2.05) is 0 Å². The van der Waals surface area contributed by atoms with Gasteiger partial charge in [0.15, 0.2) is 0 Å². The predicted molar refractivity (Wildman–Crippen MR) is 42.4 cm³/mol. The largest absolute Gasteiger partial charge is 0.370 e. The van der Waals surface area contributed by atoms with E-state index < -0.39 is 0 Å². The van der Waals surface area contributed by atoms with Crippen molar-refractivity contribution in [3.05, 3.63) is 0 Å². The Hall–Kier alpha value is -0.570. The summed E-state index contributed by atoms with van der Waals surface area (Å²) in [6.45, 7) is 0.0236. The third-order valence-corrected chi connectivity index (χ3v) is 1.57. The van der Waals surface area contributed by atoms with E-state index in [4.69, 9.17) is 5.73 Å². The molecule has 65 valence electrons. The van der Waals surface area contributed by atoms with Gasteiger partial charge in [0.25, 0.3) is 0 Å². The Morgan fingerprint density at radius 3 is 2.09 bits per heavy atom. The Labute approximate surface area is 67.6 Å². The molecule has 3 heteroatoms. The fourth-order valence-corrected chi connectivity index (χ4v) is 0.932. The molecule has 1 radical (unpaired) electrons. The standard InChI is InChI=1S/C8H16NO2/c9-8(11)6-4-2-1-3-5-7-10/h1-7H2,(H2,9,11). The summed E-state index contributed by atoms with van der Waals surface area (Å²) >= 11 is 0. The number of amides is 1. The summed E-state index contributed by atoms with van der Waals surface area (Å²) in [5.74, 6) is -0.228. The van der Waals surface area contributed by atoms with Crippen LogP contribution >= 0.6 is 0 Å². The number of carbonyl (C=O) groups is 1. The SMILES string of the molecule is NC(=O)CCCCCCC[O]. The van der Waals surface area contributed by atoms with Crippen LogP contribution in [-0.2, 0) is 9.90 Å². The summed E-state index contributed by atoms with van der Waals surface area (Å²) in [6, 6.07) is 0. The van der Waals surface area contributed by atoms with Crippen LogP contribution in [0.4, 0.5) is 0 Å². The first-order valence-corrected chi connectivity index (χ1v) is 4.14. The van der Waals surface area contributed by atoms with Crippen molar-refractivity contribution < 1.29 is 9.90 Å². The van der Waals surface area contributed by atoms with Crippen LogP contribution in [0.3, 0.4) is 0 Å². The van der Waals surface area contributed by atoms with Crippen molar-refractivity contribution in [1.29, 1.82) is 0 Å². The van der Waals surface area contributed by atoms with E-state index in [2.05, 4.69) is 0 Å². The molecule has 0 atom stereocenters. The minimum Gasteiger partial charge on any atom is -0.370 e. The van der Waals surface area contributed by atoms with E-state index in [-0.39, 0.29) is 12.5 Å². The molecule has 0 fully saturated rings. The van der Waals surface area contributed by atoms with Crippen molar-refractivity contribution in [3.63, 3.8) is 0 Å². The smallest absolute Gasteiger partial charge is 0.217 e. The Morgan fingerprint density at radius 2 is 1.55 bits per heavy atom. The summed E-state index contributed by atoms with van der Waals surface area (Å²) in [4.78, 5) is 10.3. The maximum Gasteiger partial charge on any atom is 0.217 e. The predicted octanol–water partition coefficient (Wildman–Crippen LogP) is 1.24. The lowest BCUT2D eigenvalue weighted by molar-refractivity contribution is -0.118. The molecule has 0 heterocycles. The van der Waals surface area contributed by atoms with Crippen molar-refractivity contribution in [1.82, 2.24) is 0 Å². The second-order valence-electron chi connectivity index (χ2n) is 2.69. The van der Waals surface area contributed by atoms with Crippen molar-refractivity contribution >= 4 is 5.91 Å². The first kappa shape index (κ1) is 10.4. The molecule has 0 aromatic rings. The highest BCUT2D eigenvalue weighted by Gasteiger charge is 1.93. The van der Waals surface area contributed by atoms with Crippen molar-refractivity contribution in [2.75, 3.05) is 6.61 Å². The van der Waals surface area contributed by atoms with E-state index in [1.54, 1.807) is 0 Å². The van der Waals surface area contributed by atoms with E-state index in [0.717, 1.165) is 32.1 Å². The van der Waals surface area contributed by atoms with E-state index in [1.165, 1.54) is 0 Å². The number of hydrogen-bond donors (Lipinski definition) is 1. The van der Waals surface area contributed by atoms with E-state index in [0.29, 0.717) is 6.42 Å². The van der Waals surface area contributed by atoms with Crippen LogP contribution in [0.1, 0.15) is 38.5 Å². The monoisotopic (exact) mass is 158 g/mol. The second kappa shape index (κ2) is 7.54. The summed E-state index contributed by atoms with van der Waals surface area (Å²) in [6.07, 6.45) is 5.17. The number of primary amides is 1. The van der Waals surface area contributed by atoms with Gasteiger partial charge in [-0.25, -0.2) is 5.11 Å². The fraction of sp³-hybridized carbons (Fsp3) is 0.875. The average molecular weight is 158 g/mol. The average Bonchev–Trinajstić information content (AvgIpc) is 1.96. The number of rotatable bonds is 7. The lowest BCUT2D eigenvalue weighted by atomic mass is 10.1. The normalized spacial score (nSPS) is 9.91. The molecule has 0 aromatic heterocycles. The summed E-state index contributed by atoms with van der Waals surface area (Å²) in [7, 11) is 0. The quantitative estimate of drug-likeness (QED) is 0.557. The van der Waals surface area contributed by atoms with Crippen LogP contribution in [0, 0.1) is 0 Å². The second-order valence-corrected chi connectivity index (χ2v) is 2.69. The van der Waals surface area contributed by atoms with Crippen LogP contribution in [0.2, 0.25) is 0 Å². The highest BCUT2D eigenvalue weighted by atomic mass is 16.2. The van der Waals surface area contributed by atoms with Crippen LogP contribution < -0.4 is 5.73 Å². The van der Waals surface area contributed by atoms with Crippen LogP contribution in [0.5, 0.6) is 0 Å². The van der Waals surface area contributed by atoms with Gasteiger partial charge in [0.2, 0.25) is 5.91 Å². The van der Waals surface area contributed by atoms with Crippen molar-refractivity contribution in [2.45, 2.75) is 38.5 Å². The van der Waals surface area contributed by atoms with Gasteiger partial charge >= 0.3 is 0 Å². The molecular weight excluding hydrogens is 142 g/mol. The molecule has 0 spiro atoms. The zero-order valence-corrected chi connectivity index (χ0v) is 6.84. The zero-order chi connectivity index (χ0) is 8.53. The van der Waals surface area contributed by atoms with E-state index in [9.17, 15) is 9.90 Å². The molecule has 0 bridgehead atoms. The molecule has 2 N–H and O–H groups in total. The van der Waals surface area contributed by atoms with Gasteiger partial charge in [0.1, 0.15) is 0 Å². The molecular formula is C8H16NO2. The summed E-state index contributed by atoms with van der Waals surface area (Å²) in [5.41, 5.74) is 4.94. The lowest BCUT2D eigenvalue weighted by Gasteiger charge is -1.96. The minimum atomic E-state index is -0.228. The highest BCUT2D eigenvalue weighted by Crippen LogP contribution is 2.04. The highest BCUT2D eigenvalue weighted by molar-refractivity contribution is 5.73. The molecule has 0 rings (SSSR count). The van der Waals surface area contributed by atoms with Gasteiger partial charge in [-0.2, -0.15) is 0 Å². The van der Waals surface area contributed by atoms with Gasteiger partial charge in [0, 0.05) is 6.42 Å². The molecule has 0 aromatic carbocycles. The molecule has 0 aliphatic heterocycles. The Bertz CT molecular complexity index is 104. The maximum atomic E-state index is 10.3. The van der Waals surface area contributed by atoms with Gasteiger partial charge in [-0.15, -0.1) is 0 Å². The van der Waals surface area contributed by atoms with Crippen molar-refractivity contribution in [2.24, 2.45) is 5.73 Å². The molecule has 0 aliphatic rings. The molecule has 3 nitrogen and oxygen atoms in total. The van der Waals surface area contributed by atoms with E-state index >= 15 is 0 Å². The first-order valence-electron chi connectivity index (χ1n) is 4.14. The molecule has 0 unspecified atom stereocenters. The molecule has 0 saturated heterocycles. The Kier molecular flexibility index (Phi) is 7.15. The lowest BCUT2D eigenvalue weighted by Crippen LogP contribution is -2.09. The van der Waals surface area contributed by atoms with Gasteiger partial charge in [-0.3, -0.25) is 4.79 Å². The fourth-order valence-electron chi connectivity index (χ4n) is 0.932. The van der Waals surface area contributed by atoms with Gasteiger partial charge in [-0.1, -0.05) is 19.3 Å². The molecule has 1 amide bonds. The number of nitrogens with two attached hydrogens (primary N) is 1. The molecule has 0 aliphatic carbocycles. The van der Waals surface area contributed by atoms with Crippen LogP contribution in [0.25, 0.3) is 0 Å². The summed E-state index contributed by atoms with van der Waals surface area (Å²) in [5, 5.41) is 10.00. The number of carbonyl (C=O) groups excluding carboxylic acids is 1. The number of unbranched alkanes of at least 4 members (excludes halogenated alkanes) is 4. The molecule has 11 heavy (non-hydrogen) atoms. The third-order valence-electron chi connectivity index (χ3n) is 1.57. The van der Waals surface area contributed by atoms with Crippen LogP contribution in [-0.4, -0.2) is 12.5 Å². The van der Waals surface area contributed by atoms with Gasteiger partial charge in [-0.05, 0) is 12.8 Å². The third kappa shape index (κ3) is 9.43. The summed E-state index contributed by atoms with van der Waals surface area (Å²) < 4.78 is 0. The minimum absolute atomic E-state index is 0.0236. The van der Waals surface area contributed by atoms with Gasteiger partial charge in [0.05, 0.1) is 6.61 Å². The van der Waals surface area contributed by atoms with Gasteiger partial charge < -0.3 is 5.73 Å². The van der Waals surface area contributed by atoms with Crippen molar-refractivity contribution in [3.8, 4) is 0 Å². The number of hydrogen-bond acceptors (Lipinski definition) is 1. The van der Waals surface area contributed by atoms with Crippen LogP contribution in [0.15, 0.2) is 0 Å². The Morgan fingerprint density at radius 1 is 1.00 bits per heavy atom. The first-order chi connectivity index (χ1) is 5.27. The molecule has 0 saturated carbocycles. The topological polar surface area (TPSA) is 63.0 Å².